The van der Waals surface area contributed by atoms with Crippen LogP contribution >= 0.6 is 0 Å². The molecule has 0 unspecified atom stereocenters. The summed E-state index contributed by atoms with van der Waals surface area (Å²) < 4.78 is 34.1. The Labute approximate surface area is 169 Å². The van der Waals surface area contributed by atoms with Crippen molar-refractivity contribution in [1.82, 2.24) is 5.16 Å². The van der Waals surface area contributed by atoms with Crippen LogP contribution in [0.3, 0.4) is 0 Å². The Hall–Kier alpha value is -3.13. The number of nitrogens with zero attached hydrogens (tertiary/aromatic N) is 2. The molecule has 2 aromatic carbocycles. The smallest absolute Gasteiger partial charge is 0.258 e. The number of benzene rings is 2. The normalized spacial score (nSPS) is 11.3. The monoisotopic (exact) mass is 414 g/mol. The van der Waals surface area contributed by atoms with Crippen molar-refractivity contribution in [3.8, 4) is 5.75 Å². The molecule has 0 aliphatic carbocycles. The van der Waals surface area contributed by atoms with E-state index in [1.54, 1.807) is 43.4 Å². The summed E-state index contributed by atoms with van der Waals surface area (Å²) in [7, 11) is -1.65. The van der Waals surface area contributed by atoms with Gasteiger partial charge in [-0.25, -0.2) is 8.42 Å². The van der Waals surface area contributed by atoms with Gasteiger partial charge in [0.25, 0.3) is 5.91 Å². The average Bonchev–Trinajstić information content (AvgIpc) is 3.02. The quantitative estimate of drug-likeness (QED) is 0.613. The molecule has 8 heteroatoms. The number of amides is 1. The summed E-state index contributed by atoms with van der Waals surface area (Å²) in [6, 6.07) is 13.1. The molecule has 0 radical (unpaired) electrons. The molecule has 7 nitrogen and oxygen atoms in total. The second-order valence-electron chi connectivity index (χ2n) is 6.75. The molecule has 0 bridgehead atoms. The van der Waals surface area contributed by atoms with E-state index in [0.717, 1.165) is 17.5 Å². The molecule has 0 saturated heterocycles. The first-order valence-corrected chi connectivity index (χ1v) is 10.8. The molecule has 3 aromatic rings. The van der Waals surface area contributed by atoms with Crippen molar-refractivity contribution < 1.29 is 22.5 Å². The van der Waals surface area contributed by atoms with Gasteiger partial charge in [0.15, 0.2) is 9.84 Å². The molecule has 0 spiro atoms. The van der Waals surface area contributed by atoms with Crippen LogP contribution in [-0.4, -0.2) is 32.8 Å². The molecule has 1 aromatic heterocycles. The van der Waals surface area contributed by atoms with Crippen molar-refractivity contribution in [2.24, 2.45) is 0 Å². The minimum absolute atomic E-state index is 0.205. The van der Waals surface area contributed by atoms with Gasteiger partial charge in [0.1, 0.15) is 18.1 Å². The minimum atomic E-state index is -3.29. The highest BCUT2D eigenvalue weighted by Crippen LogP contribution is 2.22. The summed E-state index contributed by atoms with van der Waals surface area (Å²) in [6.45, 7) is 3.96. The molecule has 0 N–H and O–H groups in total. The van der Waals surface area contributed by atoms with E-state index in [-0.39, 0.29) is 10.8 Å². The van der Waals surface area contributed by atoms with Crippen LogP contribution in [0, 0.1) is 13.8 Å². The molecule has 0 aliphatic rings. The molecular formula is C21H22N2O5S. The lowest BCUT2D eigenvalue weighted by Gasteiger charge is -2.18. The van der Waals surface area contributed by atoms with Gasteiger partial charge < -0.3 is 14.2 Å². The molecule has 3 rings (SSSR count). The van der Waals surface area contributed by atoms with Crippen molar-refractivity contribution >= 4 is 21.4 Å². The van der Waals surface area contributed by atoms with Gasteiger partial charge in [-0.15, -0.1) is 0 Å². The van der Waals surface area contributed by atoms with Crippen molar-refractivity contribution in [2.45, 2.75) is 25.3 Å². The fraction of sp³-hybridized carbons (Fsp3) is 0.238. The number of aromatic nitrogens is 1. The largest absolute Gasteiger partial charge is 0.489 e. The molecule has 0 atom stereocenters. The van der Waals surface area contributed by atoms with E-state index in [1.807, 2.05) is 13.8 Å². The molecule has 0 fully saturated rings. The van der Waals surface area contributed by atoms with Crippen molar-refractivity contribution in [2.75, 3.05) is 18.2 Å². The maximum absolute atomic E-state index is 12.8. The lowest BCUT2D eigenvalue weighted by Crippen LogP contribution is -2.26. The number of carbonyl (C=O) groups excluding carboxylic acids is 1. The first-order chi connectivity index (χ1) is 13.7. The lowest BCUT2D eigenvalue weighted by atomic mass is 10.1. The highest BCUT2D eigenvalue weighted by Gasteiger charge is 2.16. The molecule has 0 aliphatic heterocycles. The number of ether oxygens (including phenoxy) is 1. The van der Waals surface area contributed by atoms with E-state index in [0.29, 0.717) is 29.4 Å². The van der Waals surface area contributed by atoms with Gasteiger partial charge in [-0.2, -0.15) is 0 Å². The van der Waals surface area contributed by atoms with E-state index >= 15 is 0 Å². The van der Waals surface area contributed by atoms with Gasteiger partial charge in [0.2, 0.25) is 0 Å². The number of carbonyl (C=O) groups is 1. The second kappa shape index (κ2) is 8.08. The van der Waals surface area contributed by atoms with E-state index in [2.05, 4.69) is 5.16 Å². The number of rotatable bonds is 6. The zero-order valence-electron chi connectivity index (χ0n) is 16.7. The van der Waals surface area contributed by atoms with Gasteiger partial charge in [-0.1, -0.05) is 11.2 Å². The average molecular weight is 414 g/mol. The van der Waals surface area contributed by atoms with E-state index in [1.165, 1.54) is 17.0 Å². The molecule has 152 valence electrons. The molecule has 1 amide bonds. The van der Waals surface area contributed by atoms with Crippen molar-refractivity contribution in [3.63, 3.8) is 0 Å². The Morgan fingerprint density at radius 2 is 1.83 bits per heavy atom. The van der Waals surface area contributed by atoms with Crippen LogP contribution in [0.2, 0.25) is 0 Å². The van der Waals surface area contributed by atoms with Gasteiger partial charge >= 0.3 is 0 Å². The minimum Gasteiger partial charge on any atom is -0.489 e. The SMILES string of the molecule is Cc1noc(C)c1COc1cccc(C(=O)N(C)c2ccc(S(C)(=O)=O)cc2)c1. The molecular weight excluding hydrogens is 392 g/mol. The molecule has 1 heterocycles. The second-order valence-corrected chi connectivity index (χ2v) is 8.77. The summed E-state index contributed by atoms with van der Waals surface area (Å²) in [4.78, 5) is 14.5. The number of hydrogen-bond acceptors (Lipinski definition) is 6. The van der Waals surface area contributed by atoms with E-state index in [4.69, 9.17) is 9.26 Å². The predicted molar refractivity (Wildman–Crippen MR) is 109 cm³/mol. The van der Waals surface area contributed by atoms with Crippen LogP contribution < -0.4 is 9.64 Å². The summed E-state index contributed by atoms with van der Waals surface area (Å²) >= 11 is 0. The third kappa shape index (κ3) is 4.65. The van der Waals surface area contributed by atoms with Gasteiger partial charge in [-0.05, 0) is 56.3 Å². The van der Waals surface area contributed by atoms with Crippen LogP contribution in [0.1, 0.15) is 27.4 Å². The van der Waals surface area contributed by atoms with Crippen molar-refractivity contribution in [3.05, 3.63) is 71.1 Å². The van der Waals surface area contributed by atoms with Gasteiger partial charge in [0, 0.05) is 24.6 Å². The first-order valence-electron chi connectivity index (χ1n) is 8.89. The number of hydrogen-bond donors (Lipinski definition) is 0. The summed E-state index contributed by atoms with van der Waals surface area (Å²) in [6.07, 6.45) is 1.14. The Morgan fingerprint density at radius 1 is 1.14 bits per heavy atom. The Morgan fingerprint density at radius 3 is 2.41 bits per heavy atom. The highest BCUT2D eigenvalue weighted by atomic mass is 32.2. The Kier molecular flexibility index (Phi) is 5.74. The maximum Gasteiger partial charge on any atom is 0.258 e. The fourth-order valence-electron chi connectivity index (χ4n) is 2.81. The first kappa shape index (κ1) is 20.6. The molecule has 29 heavy (non-hydrogen) atoms. The van der Waals surface area contributed by atoms with Gasteiger partial charge in [0.05, 0.1) is 16.2 Å². The Bertz CT molecular complexity index is 1110. The maximum atomic E-state index is 12.8. The number of aryl methyl sites for hydroxylation is 2. The van der Waals surface area contributed by atoms with Crippen LogP contribution in [0.4, 0.5) is 5.69 Å². The lowest BCUT2D eigenvalue weighted by molar-refractivity contribution is 0.0992. The topological polar surface area (TPSA) is 89.7 Å². The number of sulfone groups is 1. The third-order valence-corrected chi connectivity index (χ3v) is 5.73. The zero-order chi connectivity index (χ0) is 21.2. The summed E-state index contributed by atoms with van der Waals surface area (Å²) in [5.41, 5.74) is 2.69. The summed E-state index contributed by atoms with van der Waals surface area (Å²) in [5.74, 6) is 1.02. The van der Waals surface area contributed by atoms with E-state index in [9.17, 15) is 13.2 Å². The predicted octanol–water partition coefficient (Wildman–Crippen LogP) is 3.55. The standard InChI is InChI=1S/C21H22N2O5S/c1-14-20(15(2)28-22-14)13-27-18-7-5-6-16(12-18)21(24)23(3)17-8-10-19(11-9-17)29(4,25)26/h5-12H,13H2,1-4H3. The van der Waals surface area contributed by atoms with Gasteiger partial charge in [-0.3, -0.25) is 4.79 Å². The number of anilines is 1. The van der Waals surface area contributed by atoms with Crippen molar-refractivity contribution in [1.29, 1.82) is 0 Å². The fourth-order valence-corrected chi connectivity index (χ4v) is 3.44. The third-order valence-electron chi connectivity index (χ3n) is 4.60. The summed E-state index contributed by atoms with van der Waals surface area (Å²) in [5, 5.41) is 3.90. The molecule has 0 saturated carbocycles. The Balaban J connectivity index is 1.74. The van der Waals surface area contributed by atoms with Crippen LogP contribution in [0.25, 0.3) is 0 Å². The van der Waals surface area contributed by atoms with E-state index < -0.39 is 9.84 Å². The van der Waals surface area contributed by atoms with Crippen LogP contribution in [0.15, 0.2) is 57.9 Å². The highest BCUT2D eigenvalue weighted by molar-refractivity contribution is 7.90. The zero-order valence-corrected chi connectivity index (χ0v) is 17.5. The van der Waals surface area contributed by atoms with Crippen LogP contribution in [0.5, 0.6) is 5.75 Å². The van der Waals surface area contributed by atoms with Crippen LogP contribution in [-0.2, 0) is 16.4 Å².